The third-order valence-corrected chi connectivity index (χ3v) is 4.82. The fraction of sp³-hybridized carbons (Fsp3) is 0.238. The molecule has 6 heteroatoms. The number of benzene rings is 2. The van der Waals surface area contributed by atoms with E-state index < -0.39 is 0 Å². The van der Waals surface area contributed by atoms with E-state index in [0.29, 0.717) is 24.0 Å². The van der Waals surface area contributed by atoms with Crippen molar-refractivity contribution in [3.05, 3.63) is 70.5 Å². The number of hydrogen-bond acceptors (Lipinski definition) is 4. The predicted octanol–water partition coefficient (Wildman–Crippen LogP) is 2.92. The van der Waals surface area contributed by atoms with Crippen LogP contribution in [0.15, 0.2) is 59.4 Å². The Morgan fingerprint density at radius 2 is 1.81 bits per heavy atom. The van der Waals surface area contributed by atoms with Crippen LogP contribution in [0.1, 0.15) is 23.3 Å². The number of phenolic OH excluding ortho intramolecular Hbond substituents is 1. The Morgan fingerprint density at radius 1 is 1.07 bits per heavy atom. The minimum absolute atomic E-state index is 0.0209. The van der Waals surface area contributed by atoms with Crippen LogP contribution in [0.25, 0.3) is 10.9 Å². The molecule has 1 amide bonds. The summed E-state index contributed by atoms with van der Waals surface area (Å²) in [7, 11) is 0. The summed E-state index contributed by atoms with van der Waals surface area (Å²) in [6.45, 7) is 1.15. The zero-order valence-electron chi connectivity index (χ0n) is 14.7. The number of phenols is 1. The van der Waals surface area contributed by atoms with Gasteiger partial charge in [-0.3, -0.25) is 9.59 Å². The highest BCUT2D eigenvalue weighted by molar-refractivity contribution is 5.95. The average Bonchev–Trinajstić information content (AvgIpc) is 2.69. The Labute approximate surface area is 156 Å². The Morgan fingerprint density at radius 3 is 2.56 bits per heavy atom. The number of ether oxygens (including phenoxy) is 1. The van der Waals surface area contributed by atoms with Crippen molar-refractivity contribution in [3.63, 3.8) is 0 Å². The Kier molecular flexibility index (Phi) is 4.54. The molecule has 1 fully saturated rings. The number of pyridine rings is 1. The number of aromatic amines is 1. The van der Waals surface area contributed by atoms with Gasteiger partial charge in [0.05, 0.1) is 5.52 Å². The summed E-state index contributed by atoms with van der Waals surface area (Å²) >= 11 is 0. The molecule has 1 saturated heterocycles. The van der Waals surface area contributed by atoms with Gasteiger partial charge in [0, 0.05) is 37.4 Å². The van der Waals surface area contributed by atoms with Gasteiger partial charge in [-0.05, 0) is 30.3 Å². The number of aromatic hydroxyl groups is 1. The van der Waals surface area contributed by atoms with Crippen molar-refractivity contribution in [2.24, 2.45) is 0 Å². The molecular weight excluding hydrogens is 344 g/mol. The van der Waals surface area contributed by atoms with Crippen molar-refractivity contribution in [2.45, 2.75) is 18.9 Å². The van der Waals surface area contributed by atoms with Gasteiger partial charge in [-0.1, -0.05) is 18.2 Å². The molecule has 138 valence electrons. The number of aromatic nitrogens is 1. The van der Waals surface area contributed by atoms with E-state index in [1.807, 2.05) is 30.3 Å². The number of H-pyrrole nitrogens is 1. The molecule has 6 nitrogen and oxygen atoms in total. The summed E-state index contributed by atoms with van der Waals surface area (Å²) in [4.78, 5) is 29.8. The first kappa shape index (κ1) is 17.1. The first-order chi connectivity index (χ1) is 13.1. The number of para-hydroxylation sites is 1. The normalized spacial score (nSPS) is 15.0. The molecule has 1 aromatic heterocycles. The maximum Gasteiger partial charge on any atom is 0.270 e. The van der Waals surface area contributed by atoms with Gasteiger partial charge >= 0.3 is 0 Å². The van der Waals surface area contributed by atoms with E-state index in [1.165, 1.54) is 18.2 Å². The van der Waals surface area contributed by atoms with E-state index in [4.69, 9.17) is 4.74 Å². The van der Waals surface area contributed by atoms with Gasteiger partial charge < -0.3 is 19.7 Å². The second kappa shape index (κ2) is 7.15. The van der Waals surface area contributed by atoms with Crippen LogP contribution in [0.3, 0.4) is 0 Å². The monoisotopic (exact) mass is 364 g/mol. The number of carbonyl (C=O) groups is 1. The van der Waals surface area contributed by atoms with E-state index in [-0.39, 0.29) is 28.9 Å². The van der Waals surface area contributed by atoms with Crippen LogP contribution in [0.2, 0.25) is 0 Å². The summed E-state index contributed by atoms with van der Waals surface area (Å²) in [5.74, 6) is 0.664. The van der Waals surface area contributed by atoms with Crippen LogP contribution in [0.5, 0.6) is 11.5 Å². The summed E-state index contributed by atoms with van der Waals surface area (Å²) in [6.07, 6.45) is 1.56. The van der Waals surface area contributed by atoms with E-state index in [9.17, 15) is 14.7 Å². The molecule has 0 radical (unpaired) electrons. The van der Waals surface area contributed by atoms with Crippen molar-refractivity contribution >= 4 is 16.8 Å². The molecule has 1 aliphatic rings. The summed E-state index contributed by atoms with van der Waals surface area (Å²) < 4.78 is 5.96. The molecule has 3 aromatic rings. The second-order valence-electron chi connectivity index (χ2n) is 6.70. The molecule has 1 aliphatic heterocycles. The number of likely N-dealkylation sites (tertiary alicyclic amines) is 1. The number of carbonyl (C=O) groups excluding carboxylic acids is 1. The quantitative estimate of drug-likeness (QED) is 0.749. The number of piperidine rings is 1. The van der Waals surface area contributed by atoms with Gasteiger partial charge in [-0.25, -0.2) is 0 Å². The zero-order chi connectivity index (χ0) is 18.8. The van der Waals surface area contributed by atoms with Crippen LogP contribution < -0.4 is 10.2 Å². The molecular formula is C21H20N2O4. The number of rotatable bonds is 3. The molecule has 0 bridgehead atoms. The molecule has 2 aromatic carbocycles. The number of fused-ring (bicyclic) bond motifs is 1. The van der Waals surface area contributed by atoms with Crippen LogP contribution in [0.4, 0.5) is 0 Å². The van der Waals surface area contributed by atoms with Crippen LogP contribution in [-0.2, 0) is 0 Å². The zero-order valence-corrected chi connectivity index (χ0v) is 14.7. The first-order valence-electron chi connectivity index (χ1n) is 8.97. The van der Waals surface area contributed by atoms with Crippen molar-refractivity contribution < 1.29 is 14.6 Å². The maximum absolute atomic E-state index is 12.8. The molecule has 0 aliphatic carbocycles. The number of nitrogens with zero attached hydrogens (tertiary/aromatic N) is 1. The Balaban J connectivity index is 1.46. The average molecular weight is 364 g/mol. The highest BCUT2D eigenvalue weighted by atomic mass is 16.5. The maximum atomic E-state index is 12.8. The molecule has 2 N–H and O–H groups in total. The van der Waals surface area contributed by atoms with Crippen LogP contribution in [-0.4, -0.2) is 40.1 Å². The van der Waals surface area contributed by atoms with Crippen molar-refractivity contribution in [1.29, 1.82) is 0 Å². The van der Waals surface area contributed by atoms with E-state index in [2.05, 4.69) is 4.98 Å². The molecule has 4 rings (SSSR count). The lowest BCUT2D eigenvalue weighted by Crippen LogP contribution is -2.42. The van der Waals surface area contributed by atoms with Crippen molar-refractivity contribution in [2.75, 3.05) is 13.1 Å². The largest absolute Gasteiger partial charge is 0.508 e. The highest BCUT2D eigenvalue weighted by Gasteiger charge is 2.25. The number of hydrogen-bond donors (Lipinski definition) is 2. The first-order valence-corrected chi connectivity index (χ1v) is 8.97. The minimum atomic E-state index is -0.287. The lowest BCUT2D eigenvalue weighted by atomic mass is 10.1. The van der Waals surface area contributed by atoms with Gasteiger partial charge in [0.2, 0.25) is 0 Å². The van der Waals surface area contributed by atoms with E-state index in [0.717, 1.165) is 18.6 Å². The van der Waals surface area contributed by atoms with Crippen LogP contribution in [0, 0.1) is 0 Å². The molecule has 27 heavy (non-hydrogen) atoms. The standard InChI is InChI=1S/C21H20N2O4/c24-14-6-7-18-17(12-14)20(25)13-19(22-18)21(26)23-10-8-16(9-11-23)27-15-4-2-1-3-5-15/h1-7,12-13,16,24H,8-11H2,(H,22,25). The number of amides is 1. The lowest BCUT2D eigenvalue weighted by Gasteiger charge is -2.32. The lowest BCUT2D eigenvalue weighted by molar-refractivity contribution is 0.0590. The third kappa shape index (κ3) is 3.65. The van der Waals surface area contributed by atoms with Gasteiger partial charge in [0.15, 0.2) is 5.43 Å². The fourth-order valence-corrected chi connectivity index (χ4v) is 3.39. The van der Waals surface area contributed by atoms with Gasteiger partial charge in [0.1, 0.15) is 23.3 Å². The summed E-state index contributed by atoms with van der Waals surface area (Å²) in [6, 6.07) is 15.4. The Bertz CT molecular complexity index is 1020. The topological polar surface area (TPSA) is 82.6 Å². The van der Waals surface area contributed by atoms with Gasteiger partial charge in [-0.2, -0.15) is 0 Å². The Hall–Kier alpha value is -3.28. The molecule has 0 unspecified atom stereocenters. The third-order valence-electron chi connectivity index (χ3n) is 4.82. The SMILES string of the molecule is O=C(c1cc(=O)c2cc(O)ccc2[nH]1)N1CCC(Oc2ccccc2)CC1. The van der Waals surface area contributed by atoms with Gasteiger partial charge in [-0.15, -0.1) is 0 Å². The summed E-state index contributed by atoms with van der Waals surface area (Å²) in [5.41, 5.74) is 0.511. The molecule has 2 heterocycles. The predicted molar refractivity (Wildman–Crippen MR) is 102 cm³/mol. The van der Waals surface area contributed by atoms with E-state index >= 15 is 0 Å². The smallest absolute Gasteiger partial charge is 0.270 e. The highest BCUT2D eigenvalue weighted by Crippen LogP contribution is 2.20. The fourth-order valence-electron chi connectivity index (χ4n) is 3.39. The van der Waals surface area contributed by atoms with Crippen LogP contribution >= 0.6 is 0 Å². The number of nitrogens with one attached hydrogen (secondary N) is 1. The second-order valence-corrected chi connectivity index (χ2v) is 6.70. The van der Waals surface area contributed by atoms with Gasteiger partial charge in [0.25, 0.3) is 5.91 Å². The molecule has 0 saturated carbocycles. The summed E-state index contributed by atoms with van der Waals surface area (Å²) in [5, 5.41) is 9.89. The molecule has 0 atom stereocenters. The van der Waals surface area contributed by atoms with Crippen molar-refractivity contribution in [3.8, 4) is 11.5 Å². The van der Waals surface area contributed by atoms with Crippen molar-refractivity contribution in [1.82, 2.24) is 9.88 Å². The van der Waals surface area contributed by atoms with E-state index in [1.54, 1.807) is 11.0 Å². The minimum Gasteiger partial charge on any atom is -0.508 e. The molecule has 0 spiro atoms.